The fourth-order valence-electron chi connectivity index (χ4n) is 2.02. The fourth-order valence-corrected chi connectivity index (χ4v) is 2.02. The van der Waals surface area contributed by atoms with Gasteiger partial charge in [0.1, 0.15) is 0 Å². The molecule has 3 rings (SSSR count). The van der Waals surface area contributed by atoms with Gasteiger partial charge in [-0.2, -0.15) is 5.43 Å². The Balaban J connectivity index is 2.15. The third kappa shape index (κ3) is 1.59. The summed E-state index contributed by atoms with van der Waals surface area (Å²) in [6, 6.07) is 20.1. The van der Waals surface area contributed by atoms with Gasteiger partial charge in [-0.25, -0.2) is 5.53 Å². The third-order valence-electron chi connectivity index (χ3n) is 2.87. The first-order valence-electron chi connectivity index (χ1n) is 5.47. The zero-order valence-corrected chi connectivity index (χ0v) is 9.17. The van der Waals surface area contributed by atoms with Gasteiger partial charge >= 0.3 is 0 Å². The number of nitrogens with one attached hydrogen (secondary N) is 2. The summed E-state index contributed by atoms with van der Waals surface area (Å²) < 4.78 is 0. The van der Waals surface area contributed by atoms with Gasteiger partial charge in [-0.1, -0.05) is 65.9 Å². The zero-order valence-electron chi connectivity index (χ0n) is 9.17. The Kier molecular flexibility index (Phi) is 2.34. The van der Waals surface area contributed by atoms with E-state index in [2.05, 4.69) is 21.3 Å². The molecule has 0 amide bonds. The van der Waals surface area contributed by atoms with Crippen molar-refractivity contribution in [3.8, 4) is 0 Å². The van der Waals surface area contributed by atoms with E-state index in [9.17, 15) is 0 Å². The number of benzene rings is 2. The zero-order chi connectivity index (χ0) is 11.6. The molecule has 4 nitrogen and oxygen atoms in total. The van der Waals surface area contributed by atoms with Crippen molar-refractivity contribution in [2.75, 3.05) is 0 Å². The molecule has 1 aliphatic rings. The molecule has 0 aromatic heterocycles. The van der Waals surface area contributed by atoms with E-state index < -0.39 is 5.66 Å². The van der Waals surface area contributed by atoms with Crippen molar-refractivity contribution in [1.29, 1.82) is 0 Å². The largest absolute Gasteiger partial charge is 0.222 e. The van der Waals surface area contributed by atoms with Crippen molar-refractivity contribution in [3.05, 3.63) is 71.8 Å². The molecule has 0 spiro atoms. The van der Waals surface area contributed by atoms with Crippen molar-refractivity contribution in [1.82, 2.24) is 11.0 Å². The molecule has 1 aliphatic heterocycles. The number of hydrogen-bond acceptors (Lipinski definition) is 4. The van der Waals surface area contributed by atoms with Crippen LogP contribution in [0.1, 0.15) is 11.1 Å². The van der Waals surface area contributed by atoms with Crippen molar-refractivity contribution in [2.24, 2.45) is 10.3 Å². The first-order chi connectivity index (χ1) is 8.42. The predicted molar refractivity (Wildman–Crippen MR) is 64.8 cm³/mol. The van der Waals surface area contributed by atoms with E-state index in [4.69, 9.17) is 0 Å². The van der Waals surface area contributed by atoms with Gasteiger partial charge in [0.05, 0.1) is 0 Å². The van der Waals surface area contributed by atoms with Crippen LogP contribution < -0.4 is 11.0 Å². The van der Waals surface area contributed by atoms with E-state index in [-0.39, 0.29) is 0 Å². The van der Waals surface area contributed by atoms with Gasteiger partial charge in [0.25, 0.3) is 0 Å². The monoisotopic (exact) mass is 224 g/mol. The highest BCUT2D eigenvalue weighted by Crippen LogP contribution is 2.32. The summed E-state index contributed by atoms with van der Waals surface area (Å²) in [5.74, 6) is 0. The van der Waals surface area contributed by atoms with E-state index in [1.807, 2.05) is 60.7 Å². The van der Waals surface area contributed by atoms with Crippen molar-refractivity contribution >= 4 is 0 Å². The second kappa shape index (κ2) is 3.99. The maximum Gasteiger partial charge on any atom is 0.202 e. The van der Waals surface area contributed by atoms with Crippen LogP contribution in [0.15, 0.2) is 71.0 Å². The Morgan fingerprint density at radius 3 is 1.71 bits per heavy atom. The van der Waals surface area contributed by atoms with Crippen molar-refractivity contribution in [3.63, 3.8) is 0 Å². The van der Waals surface area contributed by atoms with E-state index >= 15 is 0 Å². The third-order valence-corrected chi connectivity index (χ3v) is 2.87. The van der Waals surface area contributed by atoms with Crippen LogP contribution in [0.5, 0.6) is 0 Å². The van der Waals surface area contributed by atoms with Crippen LogP contribution in [0.3, 0.4) is 0 Å². The van der Waals surface area contributed by atoms with Crippen LogP contribution in [-0.2, 0) is 5.66 Å². The van der Waals surface area contributed by atoms with Gasteiger partial charge in [0, 0.05) is 11.1 Å². The molecule has 0 saturated heterocycles. The summed E-state index contributed by atoms with van der Waals surface area (Å²) in [6.07, 6.45) is 0. The van der Waals surface area contributed by atoms with Gasteiger partial charge in [0.2, 0.25) is 5.66 Å². The highest BCUT2D eigenvalue weighted by molar-refractivity contribution is 5.37. The molecule has 2 N–H and O–H groups in total. The number of hydrazine groups is 1. The summed E-state index contributed by atoms with van der Waals surface area (Å²) in [6.45, 7) is 0. The Labute approximate surface area is 99.3 Å². The average molecular weight is 224 g/mol. The minimum absolute atomic E-state index is 0.622. The van der Waals surface area contributed by atoms with Gasteiger partial charge in [0.15, 0.2) is 0 Å². The van der Waals surface area contributed by atoms with Crippen LogP contribution in [0.4, 0.5) is 0 Å². The summed E-state index contributed by atoms with van der Waals surface area (Å²) in [7, 11) is 0. The lowest BCUT2D eigenvalue weighted by Crippen LogP contribution is -2.42. The highest BCUT2D eigenvalue weighted by Gasteiger charge is 2.37. The minimum Gasteiger partial charge on any atom is -0.222 e. The molecule has 0 radical (unpaired) electrons. The number of hydrogen-bond donors (Lipinski definition) is 2. The van der Waals surface area contributed by atoms with Crippen molar-refractivity contribution in [2.45, 2.75) is 5.66 Å². The molecule has 4 heteroatoms. The predicted octanol–water partition coefficient (Wildman–Crippen LogP) is 2.36. The minimum atomic E-state index is -0.622. The molecule has 17 heavy (non-hydrogen) atoms. The van der Waals surface area contributed by atoms with Crippen LogP contribution in [0, 0.1) is 0 Å². The molecule has 2 aromatic carbocycles. The number of rotatable bonds is 2. The first kappa shape index (κ1) is 9.99. The van der Waals surface area contributed by atoms with Gasteiger partial charge in [-0.05, 0) is 0 Å². The summed E-state index contributed by atoms with van der Waals surface area (Å²) in [4.78, 5) is 0. The molecule has 1 heterocycles. The van der Waals surface area contributed by atoms with Crippen LogP contribution in [0.25, 0.3) is 0 Å². The molecule has 0 atom stereocenters. The van der Waals surface area contributed by atoms with E-state index in [0.717, 1.165) is 11.1 Å². The van der Waals surface area contributed by atoms with Crippen LogP contribution in [-0.4, -0.2) is 0 Å². The maximum atomic E-state index is 4.31. The molecule has 0 aliphatic carbocycles. The first-order valence-corrected chi connectivity index (χ1v) is 5.47. The molecule has 0 saturated carbocycles. The highest BCUT2D eigenvalue weighted by atomic mass is 15.7. The van der Waals surface area contributed by atoms with E-state index in [1.54, 1.807) is 0 Å². The maximum absolute atomic E-state index is 4.31. The normalized spacial score (nSPS) is 16.7. The smallest absolute Gasteiger partial charge is 0.202 e. The van der Waals surface area contributed by atoms with E-state index in [1.165, 1.54) is 0 Å². The lowest BCUT2D eigenvalue weighted by molar-refractivity contribution is 0.429. The second-order valence-electron chi connectivity index (χ2n) is 3.88. The Hall–Kier alpha value is -2.20. The molecule has 84 valence electrons. The summed E-state index contributed by atoms with van der Waals surface area (Å²) in [5, 5.41) is 8.16. The Morgan fingerprint density at radius 1 is 0.765 bits per heavy atom. The number of nitrogens with zero attached hydrogens (tertiary/aromatic N) is 2. The quantitative estimate of drug-likeness (QED) is 0.822. The van der Waals surface area contributed by atoms with Gasteiger partial charge in [-0.3, -0.25) is 0 Å². The standard InChI is InChI=1S/C13H12N4/c1-3-7-11(8-4-1)13(14-16-17-15-13)12-9-5-2-6-10-12/h1-10H,(H,14,17)(H,15,16). The molecular formula is C13H12N4. The molecular weight excluding hydrogens is 212 g/mol. The van der Waals surface area contributed by atoms with Crippen LogP contribution >= 0.6 is 0 Å². The lowest BCUT2D eigenvalue weighted by Gasteiger charge is -2.25. The second-order valence-corrected chi connectivity index (χ2v) is 3.88. The molecule has 0 bridgehead atoms. The van der Waals surface area contributed by atoms with Crippen molar-refractivity contribution < 1.29 is 0 Å². The topological polar surface area (TPSA) is 48.8 Å². The van der Waals surface area contributed by atoms with Gasteiger partial charge < -0.3 is 0 Å². The van der Waals surface area contributed by atoms with Crippen LogP contribution in [0.2, 0.25) is 0 Å². The molecule has 0 unspecified atom stereocenters. The molecule has 2 aromatic rings. The van der Waals surface area contributed by atoms with E-state index in [0.29, 0.717) is 0 Å². The Morgan fingerprint density at radius 2 is 1.29 bits per heavy atom. The van der Waals surface area contributed by atoms with Gasteiger partial charge in [-0.15, -0.1) is 5.11 Å². The SMILES string of the molecule is c1ccc(C2(c3ccccc3)N=NNN2)cc1. The Bertz CT molecular complexity index is 482. The summed E-state index contributed by atoms with van der Waals surface area (Å²) >= 11 is 0. The average Bonchev–Trinajstić information content (AvgIpc) is 2.91. The molecule has 0 fully saturated rings. The lowest BCUT2D eigenvalue weighted by atomic mass is 9.93. The summed E-state index contributed by atoms with van der Waals surface area (Å²) in [5.41, 5.74) is 7.33. The fraction of sp³-hybridized carbons (Fsp3) is 0.0769.